The van der Waals surface area contributed by atoms with Crippen LogP contribution in [0.5, 0.6) is 0 Å². The van der Waals surface area contributed by atoms with E-state index >= 15 is 0 Å². The van der Waals surface area contributed by atoms with Crippen molar-refractivity contribution >= 4 is 23.7 Å². The minimum atomic E-state index is -0.889. The molecule has 1 aromatic heterocycles. The summed E-state index contributed by atoms with van der Waals surface area (Å²) in [5.74, 6) is -0.532. The Morgan fingerprint density at radius 2 is 2.05 bits per heavy atom. The van der Waals surface area contributed by atoms with E-state index in [4.69, 9.17) is 5.73 Å². The van der Waals surface area contributed by atoms with Gasteiger partial charge >= 0.3 is 6.03 Å². The van der Waals surface area contributed by atoms with Gasteiger partial charge in [0, 0.05) is 5.69 Å². The third kappa shape index (κ3) is 4.46. The highest BCUT2D eigenvalue weighted by atomic mass is 32.2. The van der Waals surface area contributed by atoms with E-state index in [-0.39, 0.29) is 5.92 Å². The van der Waals surface area contributed by atoms with Gasteiger partial charge in [0.2, 0.25) is 5.91 Å². The molecular weight excluding hydrogens is 288 g/mol. The number of nitrogens with two attached hydrogens (primary N) is 1. The lowest BCUT2D eigenvalue weighted by molar-refractivity contribution is -0.120. The lowest BCUT2D eigenvalue weighted by Crippen LogP contribution is -2.42. The molecule has 0 fully saturated rings. The fourth-order valence-electron chi connectivity index (χ4n) is 1.83. The maximum atomic E-state index is 12.0. The molecule has 0 saturated carbocycles. The highest BCUT2D eigenvalue weighted by molar-refractivity contribution is 8.00. The number of aryl methyl sites for hydroxylation is 2. The maximum Gasteiger partial charge on any atom is 0.318 e. The zero-order valence-corrected chi connectivity index (χ0v) is 13.2. The molecule has 3 amide bonds. The van der Waals surface area contributed by atoms with E-state index in [1.54, 1.807) is 0 Å². The monoisotopic (exact) mass is 306 g/mol. The SMILES string of the molecule is Cc1cc(C)c(C#N)c(S[C@@H](C(=O)NC(N)=O)C(C)C)n1. The minimum absolute atomic E-state index is 0.0523. The highest BCUT2D eigenvalue weighted by Gasteiger charge is 2.26. The van der Waals surface area contributed by atoms with Gasteiger partial charge in [0.15, 0.2) is 0 Å². The number of nitrogens with one attached hydrogen (secondary N) is 1. The molecule has 0 radical (unpaired) electrons. The first-order valence-electron chi connectivity index (χ1n) is 6.41. The Morgan fingerprint density at radius 1 is 1.43 bits per heavy atom. The number of primary amides is 1. The normalized spacial score (nSPS) is 11.8. The van der Waals surface area contributed by atoms with Crippen LogP contribution in [0.1, 0.15) is 30.7 Å². The molecule has 6 nitrogen and oxygen atoms in total. The van der Waals surface area contributed by atoms with Gasteiger partial charge in [0.05, 0.1) is 10.8 Å². The number of carbonyl (C=O) groups is 2. The number of imide groups is 1. The number of nitriles is 1. The second-order valence-corrected chi connectivity index (χ2v) is 6.14. The first-order valence-corrected chi connectivity index (χ1v) is 7.29. The molecule has 7 heteroatoms. The molecule has 1 heterocycles. The largest absolute Gasteiger partial charge is 0.351 e. The smallest absolute Gasteiger partial charge is 0.318 e. The summed E-state index contributed by atoms with van der Waals surface area (Å²) in [5, 5.41) is 11.3. The summed E-state index contributed by atoms with van der Waals surface area (Å²) < 4.78 is 0. The summed E-state index contributed by atoms with van der Waals surface area (Å²) in [6, 6.07) is 3.04. The van der Waals surface area contributed by atoms with Crippen molar-refractivity contribution in [2.45, 2.75) is 38.0 Å². The minimum Gasteiger partial charge on any atom is -0.351 e. The molecule has 3 N–H and O–H groups in total. The highest BCUT2D eigenvalue weighted by Crippen LogP contribution is 2.31. The van der Waals surface area contributed by atoms with Gasteiger partial charge in [-0.1, -0.05) is 25.6 Å². The summed E-state index contributed by atoms with van der Waals surface area (Å²) in [5.41, 5.74) is 7.01. The number of pyridine rings is 1. The lowest BCUT2D eigenvalue weighted by atomic mass is 10.1. The summed E-state index contributed by atoms with van der Waals surface area (Å²) in [7, 11) is 0. The first kappa shape index (κ1) is 17.0. The number of nitrogens with zero attached hydrogens (tertiary/aromatic N) is 2. The van der Waals surface area contributed by atoms with E-state index in [9.17, 15) is 14.9 Å². The zero-order valence-electron chi connectivity index (χ0n) is 12.4. The Labute approximate surface area is 128 Å². The van der Waals surface area contributed by atoms with Crippen molar-refractivity contribution in [1.82, 2.24) is 10.3 Å². The van der Waals surface area contributed by atoms with Gasteiger partial charge in [-0.15, -0.1) is 0 Å². The van der Waals surface area contributed by atoms with Crippen molar-refractivity contribution in [3.8, 4) is 6.07 Å². The van der Waals surface area contributed by atoms with E-state index in [1.165, 1.54) is 11.8 Å². The van der Waals surface area contributed by atoms with Crippen molar-refractivity contribution in [3.63, 3.8) is 0 Å². The number of hydrogen-bond acceptors (Lipinski definition) is 5. The van der Waals surface area contributed by atoms with Gasteiger partial charge in [-0.2, -0.15) is 5.26 Å². The Bertz CT molecular complexity index is 608. The van der Waals surface area contributed by atoms with Crippen LogP contribution in [0.3, 0.4) is 0 Å². The lowest BCUT2D eigenvalue weighted by Gasteiger charge is -2.19. The Balaban J connectivity index is 3.14. The molecule has 0 unspecified atom stereocenters. The molecule has 0 aliphatic carbocycles. The zero-order chi connectivity index (χ0) is 16.2. The van der Waals surface area contributed by atoms with Gasteiger partial charge in [0.1, 0.15) is 11.1 Å². The predicted molar refractivity (Wildman–Crippen MR) is 80.6 cm³/mol. The van der Waals surface area contributed by atoms with E-state index < -0.39 is 17.2 Å². The third-order valence-corrected chi connectivity index (χ3v) is 4.30. The molecule has 21 heavy (non-hydrogen) atoms. The van der Waals surface area contributed by atoms with Crippen LogP contribution in [-0.4, -0.2) is 22.2 Å². The van der Waals surface area contributed by atoms with Crippen LogP contribution in [0.2, 0.25) is 0 Å². The predicted octanol–water partition coefficient (Wildman–Crippen LogP) is 1.88. The average molecular weight is 306 g/mol. The van der Waals surface area contributed by atoms with Crippen molar-refractivity contribution in [2.24, 2.45) is 11.7 Å². The molecule has 0 aromatic carbocycles. The molecular formula is C14H18N4O2S. The van der Waals surface area contributed by atoms with E-state index in [2.05, 4.69) is 16.4 Å². The number of hydrogen-bond donors (Lipinski definition) is 2. The number of aromatic nitrogens is 1. The van der Waals surface area contributed by atoms with Gasteiger partial charge in [0.25, 0.3) is 0 Å². The Hall–Kier alpha value is -2.07. The van der Waals surface area contributed by atoms with Crippen molar-refractivity contribution in [2.75, 3.05) is 0 Å². The number of thioether (sulfide) groups is 1. The van der Waals surface area contributed by atoms with Crippen LogP contribution in [0.4, 0.5) is 4.79 Å². The number of urea groups is 1. The van der Waals surface area contributed by atoms with Gasteiger partial charge < -0.3 is 5.73 Å². The molecule has 1 rings (SSSR count). The molecule has 1 atom stereocenters. The van der Waals surface area contributed by atoms with Crippen LogP contribution in [0, 0.1) is 31.1 Å². The number of amides is 3. The fourth-order valence-corrected chi connectivity index (χ4v) is 3.03. The van der Waals surface area contributed by atoms with Crippen molar-refractivity contribution in [3.05, 3.63) is 22.9 Å². The molecule has 0 bridgehead atoms. The molecule has 0 saturated heterocycles. The van der Waals surface area contributed by atoms with Gasteiger partial charge in [-0.25, -0.2) is 9.78 Å². The molecule has 0 aliphatic rings. The van der Waals surface area contributed by atoms with Crippen LogP contribution >= 0.6 is 11.8 Å². The Morgan fingerprint density at radius 3 is 2.52 bits per heavy atom. The molecule has 0 aliphatic heterocycles. The quantitative estimate of drug-likeness (QED) is 0.825. The first-order chi connectivity index (χ1) is 9.76. The second-order valence-electron chi connectivity index (χ2n) is 5.01. The number of carbonyl (C=O) groups excluding carboxylic acids is 2. The average Bonchev–Trinajstić information content (AvgIpc) is 2.33. The molecule has 0 spiro atoms. The van der Waals surface area contributed by atoms with Crippen LogP contribution in [0.25, 0.3) is 0 Å². The van der Waals surface area contributed by atoms with Gasteiger partial charge in [-0.3, -0.25) is 10.1 Å². The summed E-state index contributed by atoms with van der Waals surface area (Å²) in [4.78, 5) is 27.2. The van der Waals surface area contributed by atoms with E-state index in [0.717, 1.165) is 11.3 Å². The van der Waals surface area contributed by atoms with Crippen LogP contribution in [0.15, 0.2) is 11.1 Å². The third-order valence-electron chi connectivity index (χ3n) is 2.77. The second kappa shape index (κ2) is 7.09. The molecule has 1 aromatic rings. The number of rotatable bonds is 4. The van der Waals surface area contributed by atoms with Crippen molar-refractivity contribution in [1.29, 1.82) is 5.26 Å². The Kier molecular flexibility index (Phi) is 5.73. The topological polar surface area (TPSA) is 109 Å². The van der Waals surface area contributed by atoms with Crippen LogP contribution < -0.4 is 11.1 Å². The molecule has 112 valence electrons. The maximum absolute atomic E-state index is 12.0. The van der Waals surface area contributed by atoms with Crippen molar-refractivity contribution < 1.29 is 9.59 Å². The summed E-state index contributed by atoms with van der Waals surface area (Å²) in [6.07, 6.45) is 0. The summed E-state index contributed by atoms with van der Waals surface area (Å²) in [6.45, 7) is 7.36. The summed E-state index contributed by atoms with van der Waals surface area (Å²) >= 11 is 1.17. The van der Waals surface area contributed by atoms with Crippen LogP contribution in [-0.2, 0) is 4.79 Å². The fraction of sp³-hybridized carbons (Fsp3) is 0.429. The standard InChI is InChI=1S/C14H18N4O2S/c1-7(2)11(12(19)18-14(16)20)21-13-10(6-15)8(3)5-9(4)17-13/h5,7,11H,1-4H3,(H3,16,18,19,20)/t11-/m1/s1. The van der Waals surface area contributed by atoms with E-state index in [1.807, 2.05) is 33.8 Å². The van der Waals surface area contributed by atoms with Gasteiger partial charge in [-0.05, 0) is 31.4 Å². The van der Waals surface area contributed by atoms with E-state index in [0.29, 0.717) is 10.6 Å².